The van der Waals surface area contributed by atoms with Gasteiger partial charge in [-0.05, 0) is 36.2 Å². The minimum absolute atomic E-state index is 0.0342. The molecule has 2 aromatic carbocycles. The zero-order valence-corrected chi connectivity index (χ0v) is 15.8. The molecule has 0 fully saturated rings. The third kappa shape index (κ3) is 7.42. The normalized spacial score (nSPS) is 10.0. The summed E-state index contributed by atoms with van der Waals surface area (Å²) in [5.41, 5.74) is 7.32. The highest BCUT2D eigenvalue weighted by atomic mass is 35.5. The number of nitrogens with one attached hydrogen (secondary N) is 3. The highest BCUT2D eigenvalue weighted by Gasteiger charge is 2.07. The van der Waals surface area contributed by atoms with Crippen molar-refractivity contribution in [2.75, 3.05) is 6.61 Å². The fourth-order valence-corrected chi connectivity index (χ4v) is 2.29. The van der Waals surface area contributed by atoms with Crippen LogP contribution in [-0.4, -0.2) is 18.4 Å². The number of aryl methyl sites for hydroxylation is 1. The number of ether oxygens (including phenoxy) is 1. The molecule has 27 heavy (non-hydrogen) atoms. The van der Waals surface area contributed by atoms with Crippen molar-refractivity contribution in [2.45, 2.75) is 19.9 Å². The van der Waals surface area contributed by atoms with Crippen LogP contribution in [-0.2, 0) is 16.1 Å². The van der Waals surface area contributed by atoms with Crippen molar-refractivity contribution < 1.29 is 14.3 Å². The molecule has 0 spiro atoms. The zero-order valence-electron chi connectivity index (χ0n) is 15.0. The Labute approximate surface area is 163 Å². The molecule has 3 N–H and O–H groups in total. The number of para-hydroxylation sites is 1. The lowest BCUT2D eigenvalue weighted by Gasteiger charge is -2.12. The van der Waals surface area contributed by atoms with Gasteiger partial charge in [0.05, 0.1) is 6.42 Å². The Kier molecular flexibility index (Phi) is 7.70. The average Bonchev–Trinajstić information content (AvgIpc) is 2.65. The smallest absolute Gasteiger partial charge is 0.276 e. The van der Waals surface area contributed by atoms with Gasteiger partial charge in [0.25, 0.3) is 5.91 Å². The molecule has 2 amide bonds. The van der Waals surface area contributed by atoms with E-state index in [-0.39, 0.29) is 24.8 Å². The largest absolute Gasteiger partial charge is 0.483 e. The van der Waals surface area contributed by atoms with Crippen molar-refractivity contribution in [3.8, 4) is 5.75 Å². The van der Waals surface area contributed by atoms with Gasteiger partial charge in [-0.2, -0.15) is 0 Å². The van der Waals surface area contributed by atoms with Gasteiger partial charge < -0.3 is 15.5 Å². The Morgan fingerprint density at radius 2 is 1.74 bits per heavy atom. The van der Waals surface area contributed by atoms with E-state index in [0.717, 1.165) is 11.1 Å². The number of halogens is 1. The lowest BCUT2D eigenvalue weighted by Crippen LogP contribution is -2.40. The van der Waals surface area contributed by atoms with Gasteiger partial charge in [-0.3, -0.25) is 15.0 Å². The quantitative estimate of drug-likeness (QED) is 0.578. The SMILES string of the molecule is C=C(CC(=O)NCc1ccc(Cl)cc1)NNC(=O)COc1ccccc1C. The van der Waals surface area contributed by atoms with Crippen LogP contribution in [0.15, 0.2) is 60.8 Å². The third-order valence-corrected chi connectivity index (χ3v) is 3.86. The van der Waals surface area contributed by atoms with Crippen molar-refractivity contribution in [3.05, 3.63) is 77.0 Å². The summed E-state index contributed by atoms with van der Waals surface area (Å²) in [5, 5.41) is 3.41. The summed E-state index contributed by atoms with van der Waals surface area (Å²) < 4.78 is 5.44. The summed E-state index contributed by atoms with van der Waals surface area (Å²) in [6.07, 6.45) is 0.0342. The molecular weight excluding hydrogens is 366 g/mol. The predicted octanol–water partition coefficient (Wildman–Crippen LogP) is 2.87. The molecule has 0 aliphatic carbocycles. The summed E-state index contributed by atoms with van der Waals surface area (Å²) in [7, 11) is 0. The van der Waals surface area contributed by atoms with Crippen LogP contribution in [0.3, 0.4) is 0 Å². The van der Waals surface area contributed by atoms with Gasteiger partial charge in [-0.1, -0.05) is 48.5 Å². The first-order valence-corrected chi connectivity index (χ1v) is 8.74. The van der Waals surface area contributed by atoms with Crippen LogP contribution in [0, 0.1) is 6.92 Å². The highest BCUT2D eigenvalue weighted by molar-refractivity contribution is 6.30. The molecule has 0 atom stereocenters. The number of hydrazine groups is 1. The molecule has 0 bridgehead atoms. The van der Waals surface area contributed by atoms with Gasteiger partial charge in [0.15, 0.2) is 6.61 Å². The van der Waals surface area contributed by atoms with Crippen LogP contribution >= 0.6 is 11.6 Å². The Balaban J connectivity index is 1.64. The van der Waals surface area contributed by atoms with Gasteiger partial charge in [-0.25, -0.2) is 0 Å². The first-order valence-electron chi connectivity index (χ1n) is 8.36. The second kappa shape index (κ2) is 10.2. The van der Waals surface area contributed by atoms with Crippen molar-refractivity contribution in [2.24, 2.45) is 0 Å². The van der Waals surface area contributed by atoms with Crippen molar-refractivity contribution in [1.82, 2.24) is 16.2 Å². The maximum atomic E-state index is 11.9. The van der Waals surface area contributed by atoms with E-state index in [1.807, 2.05) is 37.3 Å². The average molecular weight is 388 g/mol. The standard InChI is InChI=1S/C20H22ClN3O3/c1-14-5-3-4-6-18(14)27-13-20(26)24-23-15(2)11-19(25)22-12-16-7-9-17(21)10-8-16/h3-10,23H,2,11-13H2,1H3,(H,22,25)(H,24,26). The van der Waals surface area contributed by atoms with E-state index in [4.69, 9.17) is 16.3 Å². The molecule has 2 aromatic rings. The minimum atomic E-state index is -0.374. The first kappa shape index (κ1) is 20.3. The van der Waals surface area contributed by atoms with Crippen LogP contribution in [0.2, 0.25) is 5.02 Å². The summed E-state index contributed by atoms with van der Waals surface area (Å²) in [5.74, 6) is 0.0573. The third-order valence-electron chi connectivity index (χ3n) is 3.61. The van der Waals surface area contributed by atoms with Crippen LogP contribution < -0.4 is 20.9 Å². The monoisotopic (exact) mass is 387 g/mol. The van der Waals surface area contributed by atoms with Gasteiger partial charge >= 0.3 is 0 Å². The fourth-order valence-electron chi connectivity index (χ4n) is 2.16. The summed E-state index contributed by atoms with van der Waals surface area (Å²) in [4.78, 5) is 23.7. The number of hydrogen-bond acceptors (Lipinski definition) is 4. The van der Waals surface area contributed by atoms with E-state index in [0.29, 0.717) is 23.0 Å². The molecule has 0 saturated heterocycles. The number of benzene rings is 2. The summed E-state index contributed by atoms with van der Waals surface area (Å²) in [6.45, 7) is 5.86. The number of rotatable bonds is 9. The van der Waals surface area contributed by atoms with Gasteiger partial charge in [0.1, 0.15) is 5.75 Å². The summed E-state index contributed by atoms with van der Waals surface area (Å²) >= 11 is 5.82. The lowest BCUT2D eigenvalue weighted by molar-refractivity contribution is -0.124. The molecule has 0 aliphatic heterocycles. The Hall–Kier alpha value is -2.99. The van der Waals surface area contributed by atoms with E-state index in [1.165, 1.54) is 0 Å². The molecular formula is C20H22ClN3O3. The Morgan fingerprint density at radius 3 is 2.44 bits per heavy atom. The molecule has 142 valence electrons. The molecule has 2 rings (SSSR count). The lowest BCUT2D eigenvalue weighted by atomic mass is 10.2. The second-order valence-electron chi connectivity index (χ2n) is 5.91. The number of carbonyl (C=O) groups is 2. The molecule has 0 heterocycles. The Morgan fingerprint density at radius 1 is 1.04 bits per heavy atom. The second-order valence-corrected chi connectivity index (χ2v) is 6.35. The van der Waals surface area contributed by atoms with Gasteiger partial charge in [0.2, 0.25) is 5.91 Å². The Bertz CT molecular complexity index is 806. The van der Waals surface area contributed by atoms with E-state index >= 15 is 0 Å². The van der Waals surface area contributed by atoms with E-state index in [1.54, 1.807) is 18.2 Å². The van der Waals surface area contributed by atoms with Crippen molar-refractivity contribution >= 4 is 23.4 Å². The van der Waals surface area contributed by atoms with Gasteiger partial charge in [0, 0.05) is 17.3 Å². The van der Waals surface area contributed by atoms with Gasteiger partial charge in [-0.15, -0.1) is 0 Å². The molecule has 7 heteroatoms. The molecule has 0 aromatic heterocycles. The van der Waals surface area contributed by atoms with Crippen molar-refractivity contribution in [3.63, 3.8) is 0 Å². The topological polar surface area (TPSA) is 79.5 Å². The highest BCUT2D eigenvalue weighted by Crippen LogP contribution is 2.15. The number of hydrogen-bond donors (Lipinski definition) is 3. The number of amides is 2. The molecule has 0 aliphatic rings. The van der Waals surface area contributed by atoms with Crippen LogP contribution in [0.1, 0.15) is 17.5 Å². The van der Waals surface area contributed by atoms with E-state index < -0.39 is 0 Å². The van der Waals surface area contributed by atoms with Crippen LogP contribution in [0.5, 0.6) is 5.75 Å². The van der Waals surface area contributed by atoms with Crippen LogP contribution in [0.25, 0.3) is 0 Å². The molecule has 6 nitrogen and oxygen atoms in total. The van der Waals surface area contributed by atoms with E-state index in [9.17, 15) is 9.59 Å². The minimum Gasteiger partial charge on any atom is -0.483 e. The molecule has 0 radical (unpaired) electrons. The number of carbonyl (C=O) groups excluding carboxylic acids is 2. The first-order chi connectivity index (χ1) is 12.9. The summed E-state index contributed by atoms with van der Waals surface area (Å²) in [6, 6.07) is 14.6. The van der Waals surface area contributed by atoms with Crippen LogP contribution in [0.4, 0.5) is 0 Å². The fraction of sp³-hybridized carbons (Fsp3) is 0.200. The molecule has 0 saturated carbocycles. The maximum absolute atomic E-state index is 11.9. The zero-order chi connectivity index (χ0) is 19.6. The van der Waals surface area contributed by atoms with E-state index in [2.05, 4.69) is 22.7 Å². The predicted molar refractivity (Wildman–Crippen MR) is 105 cm³/mol. The maximum Gasteiger partial charge on any atom is 0.276 e. The molecule has 0 unspecified atom stereocenters. The van der Waals surface area contributed by atoms with Crippen molar-refractivity contribution in [1.29, 1.82) is 0 Å².